The Balaban J connectivity index is 1.48. The smallest absolute Gasteiger partial charge is 0.242 e. The number of benzene rings is 3. The van der Waals surface area contributed by atoms with E-state index in [-0.39, 0.29) is 17.4 Å². The Morgan fingerprint density at radius 3 is 2.33 bits per heavy atom. The lowest BCUT2D eigenvalue weighted by atomic mass is 9.69. The Bertz CT molecular complexity index is 1560. The van der Waals surface area contributed by atoms with Crippen molar-refractivity contribution < 1.29 is 16.8 Å². The fourth-order valence-corrected chi connectivity index (χ4v) is 10.4. The highest BCUT2D eigenvalue weighted by atomic mass is 35.5. The first-order valence-electron chi connectivity index (χ1n) is 13.1. The number of hydrogen-bond donors (Lipinski definition) is 1. The zero-order valence-corrected chi connectivity index (χ0v) is 24.8. The van der Waals surface area contributed by atoms with Crippen molar-refractivity contribution in [1.29, 1.82) is 0 Å². The minimum atomic E-state index is -3.74. The van der Waals surface area contributed by atoms with Crippen LogP contribution in [0.15, 0.2) is 82.6 Å². The van der Waals surface area contributed by atoms with Gasteiger partial charge in [-0.2, -0.15) is 0 Å². The fourth-order valence-electron chi connectivity index (χ4n) is 6.31. The SMILES string of the molecule is CN(C[C@@H](CC[C@@H]1C2(CCNCC2)c2ccccc2S1(=O)=O)c1ccc(Cl)c(Cl)c1)S(=O)(=O)c1ccccc1. The number of fused-ring (bicyclic) bond motifs is 2. The van der Waals surface area contributed by atoms with Crippen LogP contribution in [-0.2, 0) is 25.3 Å². The van der Waals surface area contributed by atoms with Gasteiger partial charge >= 0.3 is 0 Å². The highest BCUT2D eigenvalue weighted by Crippen LogP contribution is 2.52. The molecule has 3 aromatic carbocycles. The zero-order valence-electron chi connectivity index (χ0n) is 21.7. The number of sulfone groups is 1. The largest absolute Gasteiger partial charge is 0.317 e. The van der Waals surface area contributed by atoms with Gasteiger partial charge in [-0.05, 0) is 86.1 Å². The zero-order chi connectivity index (χ0) is 27.8. The maximum Gasteiger partial charge on any atom is 0.242 e. The van der Waals surface area contributed by atoms with Gasteiger partial charge in [-0.15, -0.1) is 0 Å². The molecule has 5 rings (SSSR count). The summed E-state index contributed by atoms with van der Waals surface area (Å²) >= 11 is 12.6. The highest BCUT2D eigenvalue weighted by Gasteiger charge is 2.55. The van der Waals surface area contributed by atoms with E-state index in [9.17, 15) is 16.8 Å². The van der Waals surface area contributed by atoms with Gasteiger partial charge in [0.15, 0.2) is 9.84 Å². The van der Waals surface area contributed by atoms with Gasteiger partial charge in [0.2, 0.25) is 10.0 Å². The summed E-state index contributed by atoms with van der Waals surface area (Å²) in [4.78, 5) is 0.648. The van der Waals surface area contributed by atoms with Crippen molar-refractivity contribution in [3.63, 3.8) is 0 Å². The van der Waals surface area contributed by atoms with Crippen LogP contribution >= 0.6 is 23.2 Å². The Morgan fingerprint density at radius 1 is 0.974 bits per heavy atom. The molecule has 3 aromatic rings. The molecule has 2 heterocycles. The second-order valence-electron chi connectivity index (χ2n) is 10.5. The van der Waals surface area contributed by atoms with Crippen molar-refractivity contribution >= 4 is 43.1 Å². The number of hydrogen-bond acceptors (Lipinski definition) is 5. The van der Waals surface area contributed by atoms with E-state index < -0.39 is 30.5 Å². The average molecular weight is 608 g/mol. The summed E-state index contributed by atoms with van der Waals surface area (Å²) in [6.07, 6.45) is 2.36. The van der Waals surface area contributed by atoms with E-state index in [1.165, 1.54) is 4.31 Å². The standard InChI is InChI=1S/C29H32Cl2N2O4S2/c1-33(39(36,37)23-7-3-2-4-8-23)20-22(21-11-13-25(30)26(31)19-21)12-14-28-29(15-17-32-18-16-29)24-9-5-6-10-27(24)38(28,34)35/h2-11,13,19,22,28,32H,12,14-18,20H2,1H3/t22-,28-/m1/s1. The third-order valence-electron chi connectivity index (χ3n) is 8.34. The molecule has 1 fully saturated rings. The van der Waals surface area contributed by atoms with Gasteiger partial charge in [0.25, 0.3) is 0 Å². The normalized spacial score (nSPS) is 20.7. The van der Waals surface area contributed by atoms with Crippen LogP contribution in [0.25, 0.3) is 0 Å². The number of sulfonamides is 1. The molecule has 0 unspecified atom stereocenters. The third-order valence-corrected chi connectivity index (χ3v) is 13.3. The Labute approximate surface area is 241 Å². The van der Waals surface area contributed by atoms with Crippen molar-refractivity contribution in [2.45, 2.75) is 52.1 Å². The van der Waals surface area contributed by atoms with E-state index in [1.54, 1.807) is 61.6 Å². The average Bonchev–Trinajstić information content (AvgIpc) is 3.11. The van der Waals surface area contributed by atoms with Gasteiger partial charge < -0.3 is 5.32 Å². The van der Waals surface area contributed by atoms with Gasteiger partial charge in [-0.25, -0.2) is 21.1 Å². The Kier molecular flexibility index (Phi) is 8.17. The van der Waals surface area contributed by atoms with Crippen LogP contribution in [0.4, 0.5) is 0 Å². The molecule has 39 heavy (non-hydrogen) atoms. The van der Waals surface area contributed by atoms with E-state index >= 15 is 0 Å². The van der Waals surface area contributed by atoms with Gasteiger partial charge in [0, 0.05) is 19.0 Å². The molecule has 0 amide bonds. The molecule has 1 spiro atoms. The fraction of sp³-hybridized carbons (Fsp3) is 0.379. The van der Waals surface area contributed by atoms with Gasteiger partial charge in [0.1, 0.15) is 0 Å². The van der Waals surface area contributed by atoms with Gasteiger partial charge in [-0.1, -0.05) is 65.7 Å². The minimum Gasteiger partial charge on any atom is -0.317 e. The molecule has 2 aliphatic rings. The third kappa shape index (κ3) is 5.27. The topological polar surface area (TPSA) is 83.6 Å². The molecule has 0 radical (unpaired) electrons. The first-order chi connectivity index (χ1) is 18.6. The highest BCUT2D eigenvalue weighted by molar-refractivity contribution is 7.92. The van der Waals surface area contributed by atoms with E-state index in [4.69, 9.17) is 23.2 Å². The van der Waals surface area contributed by atoms with Crippen molar-refractivity contribution in [2.75, 3.05) is 26.7 Å². The van der Waals surface area contributed by atoms with Crippen LogP contribution in [0.2, 0.25) is 10.0 Å². The van der Waals surface area contributed by atoms with Gasteiger partial charge in [0.05, 0.1) is 25.1 Å². The van der Waals surface area contributed by atoms with Crippen LogP contribution in [0.5, 0.6) is 0 Å². The molecule has 0 aliphatic carbocycles. The molecule has 1 saturated heterocycles. The lowest BCUT2D eigenvalue weighted by molar-refractivity contribution is 0.282. The predicted octanol–water partition coefficient (Wildman–Crippen LogP) is 5.66. The molecular weight excluding hydrogens is 575 g/mol. The quantitative estimate of drug-likeness (QED) is 0.358. The minimum absolute atomic E-state index is 0.170. The molecule has 0 aromatic heterocycles. The van der Waals surface area contributed by atoms with E-state index in [2.05, 4.69) is 5.32 Å². The molecule has 1 N–H and O–H groups in total. The van der Waals surface area contributed by atoms with E-state index in [0.29, 0.717) is 27.8 Å². The van der Waals surface area contributed by atoms with Crippen LogP contribution < -0.4 is 5.32 Å². The molecule has 208 valence electrons. The first-order valence-corrected chi connectivity index (χ1v) is 16.8. The molecule has 0 bridgehead atoms. The summed E-state index contributed by atoms with van der Waals surface area (Å²) in [5.41, 5.74) is 1.29. The van der Waals surface area contributed by atoms with Crippen LogP contribution in [0.1, 0.15) is 42.7 Å². The number of nitrogens with zero attached hydrogens (tertiary/aromatic N) is 1. The number of piperidine rings is 1. The van der Waals surface area contributed by atoms with Crippen molar-refractivity contribution in [3.05, 3.63) is 94.0 Å². The predicted molar refractivity (Wildman–Crippen MR) is 156 cm³/mol. The summed E-state index contributed by atoms with van der Waals surface area (Å²) in [6.45, 7) is 1.69. The lowest BCUT2D eigenvalue weighted by Crippen LogP contribution is -2.47. The molecule has 2 aliphatic heterocycles. The lowest BCUT2D eigenvalue weighted by Gasteiger charge is -2.39. The number of halogens is 2. The molecule has 6 nitrogen and oxygen atoms in total. The molecule has 0 saturated carbocycles. The van der Waals surface area contributed by atoms with E-state index in [1.807, 2.05) is 18.2 Å². The molecular formula is C29H32Cl2N2O4S2. The first kappa shape index (κ1) is 28.6. The van der Waals surface area contributed by atoms with Gasteiger partial charge in [-0.3, -0.25) is 0 Å². The number of likely N-dealkylation sites (N-methyl/N-ethyl adjacent to an activating group) is 1. The maximum absolute atomic E-state index is 13.9. The van der Waals surface area contributed by atoms with E-state index in [0.717, 1.165) is 37.1 Å². The Morgan fingerprint density at radius 2 is 1.64 bits per heavy atom. The number of rotatable bonds is 8. The molecule has 2 atom stereocenters. The van der Waals surface area contributed by atoms with Crippen molar-refractivity contribution in [3.8, 4) is 0 Å². The summed E-state index contributed by atoms with van der Waals surface area (Å²) < 4.78 is 55.9. The van der Waals surface area contributed by atoms with Crippen LogP contribution in [0.3, 0.4) is 0 Å². The number of nitrogens with one attached hydrogen (secondary N) is 1. The van der Waals surface area contributed by atoms with Crippen molar-refractivity contribution in [2.24, 2.45) is 0 Å². The molecule has 10 heteroatoms. The summed E-state index contributed by atoms with van der Waals surface area (Å²) in [5, 5.41) is 3.59. The Hall–Kier alpha value is -1.94. The summed E-state index contributed by atoms with van der Waals surface area (Å²) in [6, 6.07) is 21.0. The van der Waals surface area contributed by atoms with Crippen LogP contribution in [0, 0.1) is 0 Å². The maximum atomic E-state index is 13.9. The second kappa shape index (κ2) is 11.1. The summed E-state index contributed by atoms with van der Waals surface area (Å²) in [7, 11) is -5.74. The second-order valence-corrected chi connectivity index (χ2v) is 15.4. The van der Waals surface area contributed by atoms with Crippen molar-refractivity contribution in [1.82, 2.24) is 9.62 Å². The monoisotopic (exact) mass is 606 g/mol. The van der Waals surface area contributed by atoms with Crippen LogP contribution in [-0.4, -0.2) is 53.1 Å². The summed E-state index contributed by atoms with van der Waals surface area (Å²) in [5.74, 6) is -0.291.